The van der Waals surface area contributed by atoms with Crippen molar-refractivity contribution in [2.24, 2.45) is 11.8 Å². The second-order valence-corrected chi connectivity index (χ2v) is 8.65. The van der Waals surface area contributed by atoms with Crippen LogP contribution in [-0.4, -0.2) is 44.4 Å². The molecule has 0 unspecified atom stereocenters. The first-order valence-electron chi connectivity index (χ1n) is 10.9. The third-order valence-corrected chi connectivity index (χ3v) is 6.96. The van der Waals surface area contributed by atoms with Gasteiger partial charge in [-0.1, -0.05) is 25.0 Å². The van der Waals surface area contributed by atoms with Crippen LogP contribution in [0.25, 0.3) is 0 Å². The summed E-state index contributed by atoms with van der Waals surface area (Å²) in [5.41, 5.74) is 1.33. The van der Waals surface area contributed by atoms with E-state index in [1.165, 1.54) is 77.3 Å². The Kier molecular flexibility index (Phi) is 6.40. The van der Waals surface area contributed by atoms with Crippen molar-refractivity contribution in [1.29, 1.82) is 0 Å². The van der Waals surface area contributed by atoms with Crippen LogP contribution in [0.3, 0.4) is 0 Å². The van der Waals surface area contributed by atoms with Crippen LogP contribution in [0.15, 0.2) is 18.2 Å². The highest BCUT2D eigenvalue weighted by molar-refractivity contribution is 5.69. The molecule has 0 spiro atoms. The van der Waals surface area contributed by atoms with E-state index in [-0.39, 0.29) is 5.97 Å². The molecule has 0 N–H and O–H groups in total. The summed E-state index contributed by atoms with van der Waals surface area (Å²) in [6.45, 7) is 3.92. The van der Waals surface area contributed by atoms with E-state index in [0.717, 1.165) is 17.4 Å². The minimum Gasteiger partial charge on any atom is -0.469 e. The molecule has 154 valence electrons. The van der Waals surface area contributed by atoms with Gasteiger partial charge in [0.1, 0.15) is 0 Å². The number of esters is 1. The molecule has 1 saturated carbocycles. The summed E-state index contributed by atoms with van der Waals surface area (Å²) in [6, 6.07) is 6.30. The van der Waals surface area contributed by atoms with E-state index in [4.69, 9.17) is 14.2 Å². The fourth-order valence-electron chi connectivity index (χ4n) is 5.15. The normalized spacial score (nSPS) is 25.6. The summed E-state index contributed by atoms with van der Waals surface area (Å²) in [4.78, 5) is 14.1. The number of rotatable bonds is 6. The number of para-hydroxylation sites is 1. The van der Waals surface area contributed by atoms with E-state index < -0.39 is 0 Å². The van der Waals surface area contributed by atoms with Gasteiger partial charge in [-0.25, -0.2) is 0 Å². The number of nitrogens with zero attached hydrogens (tertiary/aromatic N) is 1. The average molecular weight is 388 g/mol. The summed E-state index contributed by atoms with van der Waals surface area (Å²) >= 11 is 0. The Hall–Kier alpha value is -1.75. The van der Waals surface area contributed by atoms with Crippen molar-refractivity contribution in [1.82, 2.24) is 4.90 Å². The first kappa shape index (κ1) is 19.6. The fourth-order valence-corrected chi connectivity index (χ4v) is 5.15. The average Bonchev–Trinajstić information content (AvgIpc) is 3.22. The minimum absolute atomic E-state index is 0.0488. The van der Waals surface area contributed by atoms with Crippen LogP contribution in [0.4, 0.5) is 0 Å². The maximum atomic E-state index is 11.4. The van der Waals surface area contributed by atoms with E-state index in [9.17, 15) is 4.79 Å². The highest BCUT2D eigenvalue weighted by atomic mass is 16.7. The molecule has 5 heteroatoms. The molecular formula is C23H33NO4. The van der Waals surface area contributed by atoms with Crippen molar-refractivity contribution in [3.05, 3.63) is 23.8 Å². The maximum Gasteiger partial charge on any atom is 0.305 e. The lowest BCUT2D eigenvalue weighted by atomic mass is 9.79. The molecule has 0 atom stereocenters. The number of benzene rings is 1. The lowest BCUT2D eigenvalue weighted by Gasteiger charge is -2.34. The zero-order valence-corrected chi connectivity index (χ0v) is 17.0. The molecule has 0 radical (unpaired) electrons. The molecule has 1 aromatic rings. The topological polar surface area (TPSA) is 48.0 Å². The molecule has 0 aromatic heterocycles. The highest BCUT2D eigenvalue weighted by Crippen LogP contribution is 2.42. The van der Waals surface area contributed by atoms with Gasteiger partial charge in [-0.3, -0.25) is 4.79 Å². The molecule has 2 heterocycles. The summed E-state index contributed by atoms with van der Waals surface area (Å²) in [5.74, 6) is 3.79. The van der Waals surface area contributed by atoms with Crippen LogP contribution in [0.1, 0.15) is 62.8 Å². The number of hydrogen-bond donors (Lipinski definition) is 0. The molecule has 5 nitrogen and oxygen atoms in total. The Labute approximate surface area is 168 Å². The number of fused-ring (bicyclic) bond motifs is 1. The zero-order chi connectivity index (χ0) is 19.3. The predicted octanol–water partition coefficient (Wildman–Crippen LogP) is 4.35. The van der Waals surface area contributed by atoms with Gasteiger partial charge in [0, 0.05) is 12.0 Å². The van der Waals surface area contributed by atoms with Crippen molar-refractivity contribution in [3.63, 3.8) is 0 Å². The van der Waals surface area contributed by atoms with Crippen LogP contribution in [-0.2, 0) is 9.53 Å². The van der Waals surface area contributed by atoms with E-state index in [1.54, 1.807) is 0 Å². The molecule has 2 aliphatic heterocycles. The summed E-state index contributed by atoms with van der Waals surface area (Å²) in [6.07, 6.45) is 9.21. The third kappa shape index (κ3) is 4.62. The quantitative estimate of drug-likeness (QED) is 0.679. The van der Waals surface area contributed by atoms with Crippen LogP contribution in [0.5, 0.6) is 11.5 Å². The van der Waals surface area contributed by atoms with Gasteiger partial charge in [-0.2, -0.15) is 0 Å². The van der Waals surface area contributed by atoms with E-state index >= 15 is 0 Å². The number of carbonyl (C=O) groups excluding carboxylic acids is 1. The Bertz CT molecular complexity index is 661. The number of hydrogen-bond acceptors (Lipinski definition) is 5. The van der Waals surface area contributed by atoms with Crippen molar-refractivity contribution in [2.45, 2.75) is 57.3 Å². The molecule has 1 saturated heterocycles. The third-order valence-electron chi connectivity index (χ3n) is 6.96. The molecule has 0 amide bonds. The Morgan fingerprint density at radius 3 is 2.57 bits per heavy atom. The smallest absolute Gasteiger partial charge is 0.305 e. The molecule has 0 bridgehead atoms. The summed E-state index contributed by atoms with van der Waals surface area (Å²) < 4.78 is 16.1. The van der Waals surface area contributed by atoms with Crippen molar-refractivity contribution in [2.75, 3.05) is 33.5 Å². The Balaban J connectivity index is 1.18. The van der Waals surface area contributed by atoms with Gasteiger partial charge >= 0.3 is 5.97 Å². The number of likely N-dealkylation sites (tertiary alicyclic amines) is 1. The highest BCUT2D eigenvalue weighted by Gasteiger charge is 2.28. The first-order chi connectivity index (χ1) is 13.7. The monoisotopic (exact) mass is 387 g/mol. The van der Waals surface area contributed by atoms with Crippen LogP contribution in [0.2, 0.25) is 0 Å². The number of ether oxygens (including phenoxy) is 3. The van der Waals surface area contributed by atoms with E-state index in [1.807, 2.05) is 6.07 Å². The van der Waals surface area contributed by atoms with Crippen LogP contribution >= 0.6 is 0 Å². The van der Waals surface area contributed by atoms with Crippen molar-refractivity contribution >= 4 is 5.97 Å². The van der Waals surface area contributed by atoms with Gasteiger partial charge in [-0.05, 0) is 75.6 Å². The predicted molar refractivity (Wildman–Crippen MR) is 108 cm³/mol. The van der Waals surface area contributed by atoms with E-state index in [0.29, 0.717) is 25.0 Å². The van der Waals surface area contributed by atoms with Crippen LogP contribution in [0, 0.1) is 11.8 Å². The SMILES string of the molecule is COC(=O)CC1CCC(CCN2CCC(c3cccc4c3OCO4)CC2)CC1. The molecule has 2 fully saturated rings. The number of methoxy groups -OCH3 is 1. The van der Waals surface area contributed by atoms with E-state index in [2.05, 4.69) is 17.0 Å². The molecule has 28 heavy (non-hydrogen) atoms. The zero-order valence-electron chi connectivity index (χ0n) is 17.0. The summed E-state index contributed by atoms with van der Waals surface area (Å²) in [7, 11) is 1.49. The molecule has 3 aliphatic rings. The van der Waals surface area contributed by atoms with Gasteiger partial charge in [0.25, 0.3) is 0 Å². The minimum atomic E-state index is -0.0488. The lowest BCUT2D eigenvalue weighted by Crippen LogP contribution is -2.34. The van der Waals surface area contributed by atoms with Gasteiger partial charge < -0.3 is 19.1 Å². The lowest BCUT2D eigenvalue weighted by molar-refractivity contribution is -0.142. The Morgan fingerprint density at radius 2 is 1.82 bits per heavy atom. The van der Waals surface area contributed by atoms with Gasteiger partial charge in [0.05, 0.1) is 7.11 Å². The molecular weight excluding hydrogens is 354 g/mol. The first-order valence-corrected chi connectivity index (χ1v) is 10.9. The van der Waals surface area contributed by atoms with Crippen molar-refractivity contribution < 1.29 is 19.0 Å². The van der Waals surface area contributed by atoms with Crippen molar-refractivity contribution in [3.8, 4) is 11.5 Å². The fraction of sp³-hybridized carbons (Fsp3) is 0.696. The molecule has 4 rings (SSSR count). The van der Waals surface area contributed by atoms with Gasteiger partial charge in [0.15, 0.2) is 11.5 Å². The second kappa shape index (κ2) is 9.17. The second-order valence-electron chi connectivity index (χ2n) is 8.65. The summed E-state index contributed by atoms with van der Waals surface area (Å²) in [5, 5.41) is 0. The Morgan fingerprint density at radius 1 is 1.07 bits per heavy atom. The molecule has 1 aromatic carbocycles. The standard InChI is InChI=1S/C23H33NO4/c1-26-22(25)15-18-7-5-17(6-8-18)9-12-24-13-10-19(11-14-24)20-3-2-4-21-23(20)28-16-27-21/h2-4,17-19H,5-16H2,1H3. The molecule has 1 aliphatic carbocycles. The largest absolute Gasteiger partial charge is 0.469 e. The number of carbonyl (C=O) groups is 1. The van der Waals surface area contributed by atoms with Crippen LogP contribution < -0.4 is 9.47 Å². The maximum absolute atomic E-state index is 11.4. The van der Waals surface area contributed by atoms with Gasteiger partial charge in [-0.15, -0.1) is 0 Å². The number of piperidine rings is 1. The van der Waals surface area contributed by atoms with Gasteiger partial charge in [0.2, 0.25) is 6.79 Å².